The highest BCUT2D eigenvalue weighted by molar-refractivity contribution is 5.92. The number of nitrogens with zero attached hydrogens (tertiary/aromatic N) is 1. The van der Waals surface area contributed by atoms with Crippen molar-refractivity contribution in [2.24, 2.45) is 11.8 Å². The third-order valence-electron chi connectivity index (χ3n) is 6.52. The van der Waals surface area contributed by atoms with E-state index >= 15 is 0 Å². The van der Waals surface area contributed by atoms with E-state index in [9.17, 15) is 19.2 Å². The Morgan fingerprint density at radius 3 is 2.00 bits per heavy atom. The van der Waals surface area contributed by atoms with Crippen molar-refractivity contribution >= 4 is 23.9 Å². The van der Waals surface area contributed by atoms with E-state index in [1.54, 1.807) is 32.6 Å². The van der Waals surface area contributed by atoms with Gasteiger partial charge in [0.1, 0.15) is 17.7 Å². The molecule has 0 aromatic heterocycles. The van der Waals surface area contributed by atoms with Gasteiger partial charge < -0.3 is 25.0 Å². The summed E-state index contributed by atoms with van der Waals surface area (Å²) in [5.74, 6) is -1.05. The summed E-state index contributed by atoms with van der Waals surface area (Å²) in [7, 11) is 0. The minimum absolute atomic E-state index is 0.0187. The van der Waals surface area contributed by atoms with Crippen LogP contribution in [0.4, 0.5) is 4.79 Å². The number of nitrogens with one attached hydrogen (secondary N) is 2. The Balaban J connectivity index is 3.61. The van der Waals surface area contributed by atoms with Gasteiger partial charge in [0.25, 0.3) is 0 Å². The zero-order valence-electron chi connectivity index (χ0n) is 27.1. The van der Waals surface area contributed by atoms with E-state index in [1.165, 1.54) is 0 Å². The number of alkyl carbamates (subject to hydrolysis) is 1. The van der Waals surface area contributed by atoms with Gasteiger partial charge in [0, 0.05) is 12.6 Å². The van der Waals surface area contributed by atoms with Crippen LogP contribution in [0, 0.1) is 25.7 Å². The Morgan fingerprint density at radius 2 is 1.51 bits per heavy atom. The summed E-state index contributed by atoms with van der Waals surface area (Å²) >= 11 is 0. The van der Waals surface area contributed by atoms with E-state index in [0.717, 1.165) is 17.5 Å². The van der Waals surface area contributed by atoms with Gasteiger partial charge in [-0.05, 0) is 78.7 Å². The van der Waals surface area contributed by atoms with E-state index in [2.05, 4.69) is 24.5 Å². The Kier molecular flexibility index (Phi) is 14.3. The Bertz CT molecular complexity index is 1010. The summed E-state index contributed by atoms with van der Waals surface area (Å²) < 4.78 is 10.5. The van der Waals surface area contributed by atoms with Crippen LogP contribution in [-0.2, 0) is 23.9 Å². The smallest absolute Gasteiger partial charge is 0.408 e. The monoisotopic (exact) mass is 575 g/mol. The summed E-state index contributed by atoms with van der Waals surface area (Å²) in [5, 5.41) is 5.63. The van der Waals surface area contributed by atoms with Gasteiger partial charge in [0.15, 0.2) is 0 Å². The second-order valence-electron chi connectivity index (χ2n) is 12.6. The fourth-order valence-electron chi connectivity index (χ4n) is 4.64. The van der Waals surface area contributed by atoms with Crippen LogP contribution in [0.2, 0.25) is 0 Å². The number of amides is 3. The summed E-state index contributed by atoms with van der Waals surface area (Å²) in [6.07, 6.45) is 0.838. The predicted molar refractivity (Wildman–Crippen MR) is 161 cm³/mol. The minimum Gasteiger partial charge on any atom is -0.466 e. The van der Waals surface area contributed by atoms with Crippen LogP contribution in [0.5, 0.6) is 0 Å². The quantitative estimate of drug-likeness (QED) is 0.279. The highest BCUT2D eigenvalue weighted by atomic mass is 16.6. The lowest BCUT2D eigenvalue weighted by molar-refractivity contribution is -0.146. The van der Waals surface area contributed by atoms with E-state index in [1.807, 2.05) is 52.8 Å². The Hall–Kier alpha value is -3.10. The van der Waals surface area contributed by atoms with Crippen LogP contribution in [0.3, 0.4) is 0 Å². The fourth-order valence-corrected chi connectivity index (χ4v) is 4.64. The molecule has 1 aromatic rings. The molecule has 0 aliphatic carbocycles. The van der Waals surface area contributed by atoms with E-state index in [0.29, 0.717) is 17.9 Å². The second kappa shape index (κ2) is 16.4. The van der Waals surface area contributed by atoms with Crippen LogP contribution in [0.15, 0.2) is 18.2 Å². The average molecular weight is 576 g/mol. The molecule has 3 atom stereocenters. The van der Waals surface area contributed by atoms with Crippen molar-refractivity contribution in [1.82, 2.24) is 15.5 Å². The molecule has 0 saturated heterocycles. The molecule has 0 aliphatic heterocycles. The van der Waals surface area contributed by atoms with Crippen molar-refractivity contribution < 1.29 is 28.7 Å². The molecule has 0 bridgehead atoms. The standard InChI is InChI=1S/C32H53N3O6/c1-12-40-26(36)15-16-33-29(37)28(25-18-22(6)17-23(7)19-25)35(24(8)14-13-20(2)3)30(38)27(21(4)5)34-31(39)41-32(9,10)11/h17-21,24,27-28H,12-16H2,1-11H3,(H,33,37)(H,34,39). The normalized spacial score (nSPS) is 13.8. The maximum atomic E-state index is 14.4. The molecule has 3 unspecified atom stereocenters. The second-order valence-corrected chi connectivity index (χ2v) is 12.6. The Labute approximate surface area is 247 Å². The summed E-state index contributed by atoms with van der Waals surface area (Å²) in [4.78, 5) is 54.7. The first-order chi connectivity index (χ1) is 19.0. The number of esters is 1. The highest BCUT2D eigenvalue weighted by Crippen LogP contribution is 2.30. The summed E-state index contributed by atoms with van der Waals surface area (Å²) in [6.45, 7) is 21.1. The van der Waals surface area contributed by atoms with E-state index in [4.69, 9.17) is 9.47 Å². The number of ether oxygens (including phenoxy) is 2. The fraction of sp³-hybridized carbons (Fsp3) is 0.688. The van der Waals surface area contributed by atoms with Crippen LogP contribution in [0.25, 0.3) is 0 Å². The number of carbonyl (C=O) groups is 4. The lowest BCUT2D eigenvalue weighted by Gasteiger charge is -2.39. The molecular formula is C32H53N3O6. The molecule has 2 N–H and O–H groups in total. The number of benzene rings is 1. The van der Waals surface area contributed by atoms with Gasteiger partial charge in [0.2, 0.25) is 11.8 Å². The van der Waals surface area contributed by atoms with Crippen molar-refractivity contribution in [2.45, 2.75) is 119 Å². The molecule has 232 valence electrons. The molecule has 0 heterocycles. The summed E-state index contributed by atoms with van der Waals surface area (Å²) in [6, 6.07) is 3.59. The maximum absolute atomic E-state index is 14.4. The van der Waals surface area contributed by atoms with Gasteiger partial charge in [-0.25, -0.2) is 4.79 Å². The highest BCUT2D eigenvalue weighted by Gasteiger charge is 2.40. The lowest BCUT2D eigenvalue weighted by atomic mass is 9.93. The zero-order valence-corrected chi connectivity index (χ0v) is 27.1. The first kappa shape index (κ1) is 35.9. The van der Waals surface area contributed by atoms with Crippen LogP contribution in [0.1, 0.15) is 104 Å². The van der Waals surface area contributed by atoms with Gasteiger partial charge in [-0.1, -0.05) is 57.0 Å². The molecule has 41 heavy (non-hydrogen) atoms. The number of rotatable bonds is 14. The number of aryl methyl sites for hydroxylation is 2. The molecule has 0 saturated carbocycles. The first-order valence-corrected chi connectivity index (χ1v) is 14.8. The van der Waals surface area contributed by atoms with Crippen molar-refractivity contribution in [3.8, 4) is 0 Å². The molecule has 1 rings (SSSR count). The van der Waals surface area contributed by atoms with Crippen molar-refractivity contribution in [1.29, 1.82) is 0 Å². The molecule has 1 aromatic carbocycles. The average Bonchev–Trinajstić information content (AvgIpc) is 2.82. The number of hydrogen-bond acceptors (Lipinski definition) is 6. The molecule has 0 radical (unpaired) electrons. The lowest BCUT2D eigenvalue weighted by Crippen LogP contribution is -2.57. The summed E-state index contributed by atoms with van der Waals surface area (Å²) in [5.41, 5.74) is 1.85. The minimum atomic E-state index is -0.979. The topological polar surface area (TPSA) is 114 Å². The molecule has 9 nitrogen and oxygen atoms in total. The van der Waals surface area contributed by atoms with Crippen LogP contribution < -0.4 is 10.6 Å². The maximum Gasteiger partial charge on any atom is 0.408 e. The molecule has 0 spiro atoms. The number of carbonyl (C=O) groups excluding carboxylic acids is 4. The van der Waals surface area contributed by atoms with Crippen molar-refractivity contribution in [3.05, 3.63) is 34.9 Å². The van der Waals surface area contributed by atoms with Gasteiger partial charge in [-0.15, -0.1) is 0 Å². The molecule has 0 aliphatic rings. The van der Waals surface area contributed by atoms with Crippen LogP contribution in [-0.4, -0.2) is 59.6 Å². The predicted octanol–water partition coefficient (Wildman–Crippen LogP) is 5.62. The first-order valence-electron chi connectivity index (χ1n) is 14.8. The van der Waals surface area contributed by atoms with Gasteiger partial charge in [0.05, 0.1) is 13.0 Å². The molecular weight excluding hydrogens is 522 g/mol. The van der Waals surface area contributed by atoms with E-state index < -0.39 is 35.7 Å². The van der Waals surface area contributed by atoms with Gasteiger partial charge in [-0.2, -0.15) is 0 Å². The van der Waals surface area contributed by atoms with Crippen molar-refractivity contribution in [3.63, 3.8) is 0 Å². The number of hydrogen-bond donors (Lipinski definition) is 2. The van der Waals surface area contributed by atoms with Crippen molar-refractivity contribution in [2.75, 3.05) is 13.2 Å². The molecule has 9 heteroatoms. The SMILES string of the molecule is CCOC(=O)CCNC(=O)C(c1cc(C)cc(C)c1)N(C(=O)C(NC(=O)OC(C)(C)C)C(C)C)C(C)CCC(C)C. The van der Waals surface area contributed by atoms with Gasteiger partial charge in [-0.3, -0.25) is 14.4 Å². The Morgan fingerprint density at radius 1 is 0.927 bits per heavy atom. The molecule has 3 amide bonds. The van der Waals surface area contributed by atoms with Crippen LogP contribution >= 0.6 is 0 Å². The third kappa shape index (κ3) is 12.5. The van der Waals surface area contributed by atoms with E-state index in [-0.39, 0.29) is 37.4 Å². The zero-order chi connectivity index (χ0) is 31.5. The van der Waals surface area contributed by atoms with Gasteiger partial charge >= 0.3 is 12.1 Å². The largest absolute Gasteiger partial charge is 0.466 e. The molecule has 0 fully saturated rings. The third-order valence-corrected chi connectivity index (χ3v) is 6.52.